The van der Waals surface area contributed by atoms with Crippen LogP contribution >= 0.6 is 90.4 Å². The molecule has 2 rings (SSSR count). The summed E-state index contributed by atoms with van der Waals surface area (Å²) >= 11 is 7.09. The Labute approximate surface area is 404 Å². The highest BCUT2D eigenvalue weighted by molar-refractivity contribution is 14.1. The van der Waals surface area contributed by atoms with Crippen LogP contribution in [0.4, 0.5) is 11.4 Å². The SMILES string of the molecule is CC(=O)N(CC(O)CN(C=O)c1c(C)c(C(=O)NCC(O)CO)c(I)c(C(=O)NCC(O)CO)c1I)c1c(I)c(C(=O)NCC(O)CO)c(C)c(C(=O)NCC(O)CO)c1I. The lowest BCUT2D eigenvalue weighted by Crippen LogP contribution is -2.44. The molecule has 5 unspecified atom stereocenters. The van der Waals surface area contributed by atoms with E-state index in [0.29, 0.717) is 6.41 Å². The van der Waals surface area contributed by atoms with Gasteiger partial charge in [-0.15, -0.1) is 0 Å². The lowest BCUT2D eigenvalue weighted by molar-refractivity contribution is -0.116. The van der Waals surface area contributed by atoms with E-state index in [0.717, 1.165) is 16.7 Å². The number of aliphatic hydroxyl groups is 9. The van der Waals surface area contributed by atoms with Gasteiger partial charge in [-0.2, -0.15) is 0 Å². The quantitative estimate of drug-likeness (QED) is 0.0402. The summed E-state index contributed by atoms with van der Waals surface area (Å²) in [5.41, 5.74) is -0.204. The summed E-state index contributed by atoms with van der Waals surface area (Å²) in [5.74, 6) is -3.89. The van der Waals surface area contributed by atoms with Gasteiger partial charge >= 0.3 is 0 Å². The number of anilines is 2. The second-order valence-corrected chi connectivity index (χ2v) is 17.7. The Morgan fingerprint density at radius 2 is 0.852 bits per heavy atom. The van der Waals surface area contributed by atoms with Crippen molar-refractivity contribution in [2.24, 2.45) is 0 Å². The van der Waals surface area contributed by atoms with Gasteiger partial charge in [-0.3, -0.25) is 28.8 Å². The van der Waals surface area contributed by atoms with E-state index in [1.54, 1.807) is 90.4 Å². The van der Waals surface area contributed by atoms with Crippen molar-refractivity contribution in [3.63, 3.8) is 0 Å². The van der Waals surface area contributed by atoms with Crippen LogP contribution in [0.25, 0.3) is 0 Å². The van der Waals surface area contributed by atoms with Crippen molar-refractivity contribution in [3.8, 4) is 0 Å². The second kappa shape index (κ2) is 25.9. The Morgan fingerprint density at radius 1 is 0.525 bits per heavy atom. The number of nitrogens with one attached hydrogen (secondary N) is 4. The van der Waals surface area contributed by atoms with Crippen molar-refractivity contribution < 1.29 is 74.7 Å². The Balaban J connectivity index is 2.79. The van der Waals surface area contributed by atoms with Crippen molar-refractivity contribution in [1.29, 1.82) is 0 Å². The number of halogens is 4. The zero-order valence-electron chi connectivity index (χ0n) is 32.9. The molecule has 2 aromatic rings. The van der Waals surface area contributed by atoms with E-state index in [4.69, 9.17) is 0 Å². The number of nitrogens with zero attached hydrogens (tertiary/aromatic N) is 2. The van der Waals surface area contributed by atoms with Crippen LogP contribution in [0, 0.1) is 28.1 Å². The van der Waals surface area contributed by atoms with E-state index in [2.05, 4.69) is 21.3 Å². The summed E-state index contributed by atoms with van der Waals surface area (Å²) in [5, 5.41) is 98.1. The third kappa shape index (κ3) is 14.4. The third-order valence-corrected chi connectivity index (χ3v) is 13.0. The molecule has 25 heteroatoms. The third-order valence-electron chi connectivity index (χ3n) is 8.81. The largest absolute Gasteiger partial charge is 0.394 e. The molecule has 6 amide bonds. The molecule has 61 heavy (non-hydrogen) atoms. The van der Waals surface area contributed by atoms with E-state index in [1.165, 1.54) is 13.8 Å². The molecule has 0 radical (unpaired) electrons. The number of aliphatic hydroxyl groups excluding tert-OH is 9. The first kappa shape index (κ1) is 55.0. The van der Waals surface area contributed by atoms with Gasteiger partial charge in [-0.1, -0.05) is 0 Å². The summed E-state index contributed by atoms with van der Waals surface area (Å²) in [7, 11) is 0. The lowest BCUT2D eigenvalue weighted by Gasteiger charge is -2.31. The molecule has 340 valence electrons. The Hall–Kier alpha value is -2.18. The van der Waals surface area contributed by atoms with Gasteiger partial charge in [0.2, 0.25) is 12.3 Å². The minimum absolute atomic E-state index is 0.00945. The average molecular weight is 1310 g/mol. The zero-order chi connectivity index (χ0) is 46.5. The lowest BCUT2D eigenvalue weighted by atomic mass is 9.98. The van der Waals surface area contributed by atoms with Gasteiger partial charge in [0.05, 0.1) is 114 Å². The summed E-state index contributed by atoms with van der Waals surface area (Å²) < 4.78 is 0.481. The van der Waals surface area contributed by atoms with Crippen LogP contribution in [0.2, 0.25) is 0 Å². The molecule has 2 aromatic carbocycles. The van der Waals surface area contributed by atoms with Crippen molar-refractivity contribution in [3.05, 3.63) is 47.7 Å². The maximum Gasteiger partial charge on any atom is 0.253 e. The van der Waals surface area contributed by atoms with Gasteiger partial charge in [0.1, 0.15) is 0 Å². The molecule has 0 heterocycles. The fourth-order valence-electron chi connectivity index (χ4n) is 5.68. The van der Waals surface area contributed by atoms with Crippen LogP contribution in [0.3, 0.4) is 0 Å². The van der Waals surface area contributed by atoms with E-state index in [-0.39, 0.29) is 85.2 Å². The first-order valence-electron chi connectivity index (χ1n) is 18.1. The highest BCUT2D eigenvalue weighted by Crippen LogP contribution is 2.39. The number of carbonyl (C=O) groups excluding carboxylic acids is 6. The normalized spacial score (nSPS) is 13.6. The average Bonchev–Trinajstić information content (AvgIpc) is 3.21. The molecule has 0 bridgehead atoms. The maximum absolute atomic E-state index is 13.6. The van der Waals surface area contributed by atoms with Crippen LogP contribution in [0.5, 0.6) is 0 Å². The van der Waals surface area contributed by atoms with Gasteiger partial charge in [0, 0.05) is 36.7 Å². The minimum Gasteiger partial charge on any atom is -0.394 e. The number of hydrogen-bond acceptors (Lipinski definition) is 15. The van der Waals surface area contributed by atoms with Crippen molar-refractivity contribution in [2.75, 3.05) is 75.5 Å². The van der Waals surface area contributed by atoms with E-state index < -0.39 is 99.6 Å². The van der Waals surface area contributed by atoms with Crippen molar-refractivity contribution in [2.45, 2.75) is 51.3 Å². The molecule has 0 saturated carbocycles. The van der Waals surface area contributed by atoms with Gasteiger partial charge in [0.15, 0.2) is 0 Å². The van der Waals surface area contributed by atoms with Gasteiger partial charge in [-0.25, -0.2) is 0 Å². The molecule has 13 N–H and O–H groups in total. The molecule has 0 spiro atoms. The monoisotopic (exact) mass is 1310 g/mol. The van der Waals surface area contributed by atoms with Gasteiger partial charge in [-0.05, 0) is 115 Å². The smallest absolute Gasteiger partial charge is 0.253 e. The predicted molar refractivity (Wildman–Crippen MR) is 252 cm³/mol. The van der Waals surface area contributed by atoms with E-state index in [9.17, 15) is 74.7 Å². The fourth-order valence-corrected chi connectivity index (χ4v) is 11.5. The Bertz CT molecular complexity index is 1840. The standard InChI is InChI=1S/C36H48I4N6O15/c1-15-23(33(58)41-4-18(53)10-47)28(38)32(29(39)24(15)34(59)42-5-19(54)11-48)46(17(3)52)9-22(57)8-45(14-51)31-16(2)25(35(60)43-6-20(55)12-49)27(37)26(30(31)40)36(61)44-7-21(56)13-50/h14,18-22,47-50,53-57H,4-13H2,1-3H3,(H,41,58)(H,42,59)(H,43,60)(H,44,61). The Morgan fingerprint density at radius 3 is 1.18 bits per heavy atom. The summed E-state index contributed by atoms with van der Waals surface area (Å²) in [4.78, 5) is 82.8. The summed E-state index contributed by atoms with van der Waals surface area (Å²) in [6, 6.07) is 0. The number of carbonyl (C=O) groups is 6. The number of amides is 6. The molecule has 0 fully saturated rings. The van der Waals surface area contributed by atoms with E-state index in [1.807, 2.05) is 0 Å². The molecule has 0 aliphatic heterocycles. The molecule has 0 aliphatic rings. The van der Waals surface area contributed by atoms with E-state index >= 15 is 0 Å². The van der Waals surface area contributed by atoms with Gasteiger partial charge < -0.3 is 77.0 Å². The number of benzene rings is 2. The molecular formula is C36H48I4N6O15. The van der Waals surface area contributed by atoms with Crippen molar-refractivity contribution in [1.82, 2.24) is 21.3 Å². The number of hydrogen-bond donors (Lipinski definition) is 13. The Kier molecular flexibility index (Phi) is 23.4. The minimum atomic E-state index is -1.61. The second-order valence-electron chi connectivity index (χ2n) is 13.4. The zero-order valence-corrected chi connectivity index (χ0v) is 41.5. The molecule has 5 atom stereocenters. The van der Waals surface area contributed by atoms with Crippen LogP contribution < -0.4 is 31.1 Å². The highest BCUT2D eigenvalue weighted by Gasteiger charge is 2.34. The topological polar surface area (TPSA) is 339 Å². The highest BCUT2D eigenvalue weighted by atomic mass is 127. The van der Waals surface area contributed by atoms with Gasteiger partial charge in [0.25, 0.3) is 23.6 Å². The maximum atomic E-state index is 13.6. The van der Waals surface area contributed by atoms with Crippen LogP contribution in [-0.2, 0) is 9.59 Å². The molecule has 0 saturated heterocycles. The summed E-state index contributed by atoms with van der Waals surface area (Å²) in [6.45, 7) is -1.29. The molecule has 0 aliphatic carbocycles. The predicted octanol–water partition coefficient (Wildman–Crippen LogP) is -2.57. The van der Waals surface area contributed by atoms with Crippen LogP contribution in [0.1, 0.15) is 59.5 Å². The molecule has 21 nitrogen and oxygen atoms in total. The van der Waals surface area contributed by atoms with Crippen LogP contribution in [0.15, 0.2) is 0 Å². The number of rotatable bonds is 23. The molecular weight excluding hydrogens is 1260 g/mol. The summed E-state index contributed by atoms with van der Waals surface area (Å²) in [6.07, 6.45) is -6.60. The van der Waals surface area contributed by atoms with Crippen LogP contribution in [-0.4, -0.2) is 178 Å². The molecule has 0 aromatic heterocycles. The first-order chi connectivity index (χ1) is 28.6. The van der Waals surface area contributed by atoms with Crippen molar-refractivity contribution >= 4 is 138 Å². The fraction of sp³-hybridized carbons (Fsp3) is 0.500. The first-order valence-corrected chi connectivity index (χ1v) is 22.4.